The van der Waals surface area contributed by atoms with Crippen LogP contribution >= 0.6 is 22.7 Å². The molecular weight excluding hydrogens is 306 g/mol. The molecule has 5 nitrogen and oxygen atoms in total. The van der Waals surface area contributed by atoms with Crippen molar-refractivity contribution in [2.24, 2.45) is 0 Å². The first-order valence-corrected chi connectivity index (χ1v) is 7.59. The summed E-state index contributed by atoms with van der Waals surface area (Å²) in [4.78, 5) is 24.4. The largest absolute Gasteiger partial charge is 0.477 e. The van der Waals surface area contributed by atoms with Gasteiger partial charge in [-0.1, -0.05) is 0 Å². The number of nitrogens with zero attached hydrogens (tertiary/aromatic N) is 3. The maximum Gasteiger partial charge on any atom is 0.347 e. The van der Waals surface area contributed by atoms with Gasteiger partial charge in [0.2, 0.25) is 0 Å². The molecule has 0 amide bonds. The maximum absolute atomic E-state index is 10.8. The summed E-state index contributed by atoms with van der Waals surface area (Å²) in [6.45, 7) is 0. The normalized spacial score (nSPS) is 11.0. The van der Waals surface area contributed by atoms with Crippen LogP contribution in [0.4, 0.5) is 0 Å². The quantitative estimate of drug-likeness (QED) is 0.797. The van der Waals surface area contributed by atoms with E-state index in [2.05, 4.69) is 15.0 Å². The van der Waals surface area contributed by atoms with E-state index in [4.69, 9.17) is 5.11 Å². The first-order valence-electron chi connectivity index (χ1n) is 5.96. The molecule has 0 aliphatic heterocycles. The highest BCUT2D eigenvalue weighted by Gasteiger charge is 2.07. The smallest absolute Gasteiger partial charge is 0.347 e. The summed E-state index contributed by atoms with van der Waals surface area (Å²) in [7, 11) is 0. The number of hydrogen-bond donors (Lipinski definition) is 1. The zero-order chi connectivity index (χ0) is 14.7. The number of carbonyl (C=O) groups is 1. The lowest BCUT2D eigenvalue weighted by molar-refractivity contribution is 0.0702. The van der Waals surface area contributed by atoms with Gasteiger partial charge in [-0.3, -0.25) is 4.98 Å². The maximum atomic E-state index is 10.8. The van der Waals surface area contributed by atoms with Gasteiger partial charge in [-0.2, -0.15) is 0 Å². The van der Waals surface area contributed by atoms with Crippen LogP contribution in [0.2, 0.25) is 0 Å². The van der Waals surface area contributed by atoms with Crippen molar-refractivity contribution in [3.05, 3.63) is 51.7 Å². The van der Waals surface area contributed by atoms with Crippen LogP contribution in [0.5, 0.6) is 0 Å². The standard InChI is InChI=1S/C14H9N3O2S2/c18-14(19)11-8-16-12(21-11)4-3-10-7-17-13(20-10)9-2-1-5-15-6-9/h1-8H,(H,18,19)/b4-3+. The van der Waals surface area contributed by atoms with Crippen LogP contribution in [0.3, 0.4) is 0 Å². The van der Waals surface area contributed by atoms with Crippen molar-refractivity contribution in [2.45, 2.75) is 0 Å². The Kier molecular flexibility index (Phi) is 3.85. The van der Waals surface area contributed by atoms with Crippen molar-refractivity contribution < 1.29 is 9.90 Å². The topological polar surface area (TPSA) is 76.0 Å². The monoisotopic (exact) mass is 315 g/mol. The summed E-state index contributed by atoms with van der Waals surface area (Å²) in [5.74, 6) is -0.955. The highest BCUT2D eigenvalue weighted by atomic mass is 32.1. The molecule has 3 rings (SSSR count). The van der Waals surface area contributed by atoms with Gasteiger partial charge in [0.15, 0.2) is 0 Å². The van der Waals surface area contributed by atoms with Gasteiger partial charge in [0.1, 0.15) is 14.9 Å². The summed E-state index contributed by atoms with van der Waals surface area (Å²) in [5, 5.41) is 10.4. The minimum atomic E-state index is -0.955. The van der Waals surface area contributed by atoms with E-state index in [-0.39, 0.29) is 4.88 Å². The Morgan fingerprint density at radius 1 is 1.14 bits per heavy atom. The Hall–Kier alpha value is -2.38. The predicted octanol–water partition coefficient (Wildman–Crippen LogP) is 3.53. The molecule has 3 heterocycles. The van der Waals surface area contributed by atoms with Crippen molar-refractivity contribution >= 4 is 40.8 Å². The average Bonchev–Trinajstić information content (AvgIpc) is 3.15. The SMILES string of the molecule is O=C(O)c1cnc(/C=C/c2cnc(-c3cccnc3)s2)s1. The summed E-state index contributed by atoms with van der Waals surface area (Å²) >= 11 is 2.68. The Labute approximate surface area is 128 Å². The fourth-order valence-corrected chi connectivity index (χ4v) is 3.07. The first-order chi connectivity index (χ1) is 10.2. The zero-order valence-corrected chi connectivity index (χ0v) is 12.3. The highest BCUT2D eigenvalue weighted by Crippen LogP contribution is 2.26. The summed E-state index contributed by atoms with van der Waals surface area (Å²) in [6.07, 6.45) is 10.3. The van der Waals surface area contributed by atoms with E-state index in [0.29, 0.717) is 5.01 Å². The van der Waals surface area contributed by atoms with E-state index in [1.54, 1.807) is 36.0 Å². The molecule has 0 radical (unpaired) electrons. The number of thiazole rings is 2. The second-order valence-corrected chi connectivity index (χ2v) is 6.14. The first kappa shape index (κ1) is 13.6. The van der Waals surface area contributed by atoms with Crippen molar-refractivity contribution in [1.82, 2.24) is 15.0 Å². The third-order valence-corrected chi connectivity index (χ3v) is 4.52. The molecule has 0 aromatic carbocycles. The average molecular weight is 315 g/mol. The number of carboxylic acid groups (broad SMARTS) is 1. The lowest BCUT2D eigenvalue weighted by atomic mass is 10.3. The lowest BCUT2D eigenvalue weighted by Gasteiger charge is -1.91. The van der Waals surface area contributed by atoms with Crippen LogP contribution in [-0.4, -0.2) is 26.0 Å². The van der Waals surface area contributed by atoms with E-state index in [0.717, 1.165) is 26.8 Å². The molecule has 0 bridgehead atoms. The molecule has 1 N–H and O–H groups in total. The Bertz CT molecular complexity index is 793. The van der Waals surface area contributed by atoms with Crippen LogP contribution in [0.1, 0.15) is 19.6 Å². The molecule has 7 heteroatoms. The van der Waals surface area contributed by atoms with Crippen LogP contribution < -0.4 is 0 Å². The molecule has 0 fully saturated rings. The van der Waals surface area contributed by atoms with Gasteiger partial charge in [0.05, 0.1) is 6.20 Å². The van der Waals surface area contributed by atoms with Crippen LogP contribution in [0.25, 0.3) is 22.7 Å². The summed E-state index contributed by atoms with van der Waals surface area (Å²) < 4.78 is 0. The van der Waals surface area contributed by atoms with Crippen LogP contribution in [-0.2, 0) is 0 Å². The van der Waals surface area contributed by atoms with E-state index >= 15 is 0 Å². The molecule has 0 aliphatic rings. The van der Waals surface area contributed by atoms with Crippen molar-refractivity contribution in [3.8, 4) is 10.6 Å². The number of pyridine rings is 1. The molecule has 0 aliphatic carbocycles. The van der Waals surface area contributed by atoms with Crippen molar-refractivity contribution in [3.63, 3.8) is 0 Å². The van der Waals surface area contributed by atoms with E-state index in [1.807, 2.05) is 18.2 Å². The Balaban J connectivity index is 1.77. The second kappa shape index (κ2) is 5.94. The third-order valence-electron chi connectivity index (χ3n) is 2.56. The fourth-order valence-electron chi connectivity index (χ4n) is 1.60. The molecule has 3 aromatic rings. The minimum Gasteiger partial charge on any atom is -0.477 e. The molecule has 0 unspecified atom stereocenters. The van der Waals surface area contributed by atoms with Gasteiger partial charge < -0.3 is 5.11 Å². The summed E-state index contributed by atoms with van der Waals surface area (Å²) in [5.41, 5.74) is 0.976. The summed E-state index contributed by atoms with van der Waals surface area (Å²) in [6, 6.07) is 3.83. The van der Waals surface area contributed by atoms with Gasteiger partial charge >= 0.3 is 5.97 Å². The molecule has 3 aromatic heterocycles. The number of carboxylic acids is 1. The number of hydrogen-bond acceptors (Lipinski definition) is 6. The molecule has 0 saturated carbocycles. The van der Waals surface area contributed by atoms with Crippen molar-refractivity contribution in [2.75, 3.05) is 0 Å². The molecule has 104 valence electrons. The van der Waals surface area contributed by atoms with E-state index in [9.17, 15) is 4.79 Å². The van der Waals surface area contributed by atoms with Crippen molar-refractivity contribution in [1.29, 1.82) is 0 Å². The van der Waals surface area contributed by atoms with Gasteiger partial charge in [-0.05, 0) is 24.3 Å². The van der Waals surface area contributed by atoms with Crippen LogP contribution in [0.15, 0.2) is 36.9 Å². The van der Waals surface area contributed by atoms with E-state index in [1.165, 1.54) is 6.20 Å². The fraction of sp³-hybridized carbons (Fsp3) is 0. The van der Waals surface area contributed by atoms with Gasteiger partial charge in [-0.15, -0.1) is 22.7 Å². The number of aromatic nitrogens is 3. The molecule has 0 spiro atoms. The Morgan fingerprint density at radius 2 is 2.05 bits per heavy atom. The Morgan fingerprint density at radius 3 is 2.76 bits per heavy atom. The predicted molar refractivity (Wildman–Crippen MR) is 83.3 cm³/mol. The molecular formula is C14H9N3O2S2. The second-order valence-electron chi connectivity index (χ2n) is 4.01. The molecule has 0 saturated heterocycles. The van der Waals surface area contributed by atoms with Gasteiger partial charge in [0.25, 0.3) is 0 Å². The number of aromatic carboxylic acids is 1. The lowest BCUT2D eigenvalue weighted by Crippen LogP contribution is -1.89. The highest BCUT2D eigenvalue weighted by molar-refractivity contribution is 7.16. The zero-order valence-electron chi connectivity index (χ0n) is 10.6. The number of rotatable bonds is 4. The minimum absolute atomic E-state index is 0.231. The van der Waals surface area contributed by atoms with Crippen LogP contribution in [0, 0.1) is 0 Å². The molecule has 21 heavy (non-hydrogen) atoms. The van der Waals surface area contributed by atoms with E-state index < -0.39 is 5.97 Å². The van der Waals surface area contributed by atoms with Gasteiger partial charge in [-0.25, -0.2) is 14.8 Å². The molecule has 0 atom stereocenters. The third kappa shape index (κ3) is 3.21. The van der Waals surface area contributed by atoms with Gasteiger partial charge in [0, 0.05) is 29.0 Å².